The van der Waals surface area contributed by atoms with Crippen LogP contribution < -0.4 is 4.90 Å². The van der Waals surface area contributed by atoms with Gasteiger partial charge in [0.05, 0.1) is 17.6 Å². The number of rotatable bonds is 5. The van der Waals surface area contributed by atoms with Crippen LogP contribution in [-0.4, -0.2) is 28.8 Å². The topological polar surface area (TPSA) is 72.4 Å². The predicted octanol–water partition coefficient (Wildman–Crippen LogP) is 4.61. The molecule has 144 valence electrons. The second-order valence-corrected chi connectivity index (χ2v) is 8.18. The third-order valence-electron chi connectivity index (χ3n) is 5.07. The predicted molar refractivity (Wildman–Crippen MR) is 108 cm³/mol. The number of carbonyl (C=O) groups excluding carboxylic acids is 1. The molecule has 0 N–H and O–H groups in total. The van der Waals surface area contributed by atoms with Crippen molar-refractivity contribution in [3.05, 3.63) is 59.7 Å². The van der Waals surface area contributed by atoms with Gasteiger partial charge in [-0.15, -0.1) is 10.2 Å². The van der Waals surface area contributed by atoms with Crippen LogP contribution >= 0.6 is 11.8 Å². The molecular formula is C21H21N3O3S. The zero-order valence-corrected chi connectivity index (χ0v) is 17.0. The Kier molecular flexibility index (Phi) is 4.63. The molecule has 28 heavy (non-hydrogen) atoms. The van der Waals surface area contributed by atoms with Crippen molar-refractivity contribution >= 4 is 23.2 Å². The Hall–Kier alpha value is -2.80. The monoisotopic (exact) mass is 395 g/mol. The molecule has 6 nitrogen and oxygen atoms in total. The van der Waals surface area contributed by atoms with Crippen LogP contribution in [-0.2, 0) is 10.2 Å². The minimum atomic E-state index is -0.220. The van der Waals surface area contributed by atoms with Gasteiger partial charge in [0.1, 0.15) is 5.76 Å². The van der Waals surface area contributed by atoms with Crippen molar-refractivity contribution in [1.29, 1.82) is 0 Å². The molecule has 0 atom stereocenters. The normalized spacial score (nSPS) is 16.6. The SMILES string of the molecule is Cc1occc1-c1nnc(SCC(=O)/C=C2/N(C)c3ccccc3C2(C)C)o1. The molecule has 0 bridgehead atoms. The number of para-hydroxylation sites is 1. The van der Waals surface area contributed by atoms with Gasteiger partial charge in [-0.25, -0.2) is 0 Å². The number of ketones is 1. The van der Waals surface area contributed by atoms with E-state index in [0.29, 0.717) is 16.9 Å². The number of carbonyl (C=O) groups is 1. The fourth-order valence-corrected chi connectivity index (χ4v) is 4.16. The number of fused-ring (bicyclic) bond motifs is 1. The van der Waals surface area contributed by atoms with E-state index in [1.807, 2.05) is 26.1 Å². The van der Waals surface area contributed by atoms with Crippen molar-refractivity contribution < 1.29 is 13.6 Å². The number of anilines is 1. The highest BCUT2D eigenvalue weighted by atomic mass is 32.2. The molecule has 0 aliphatic carbocycles. The molecule has 0 amide bonds. The number of allylic oxidation sites excluding steroid dienone is 2. The van der Waals surface area contributed by atoms with Crippen molar-refractivity contribution in [3.8, 4) is 11.5 Å². The van der Waals surface area contributed by atoms with E-state index in [1.165, 1.54) is 17.3 Å². The van der Waals surface area contributed by atoms with Gasteiger partial charge in [0.15, 0.2) is 5.78 Å². The first-order valence-corrected chi connectivity index (χ1v) is 9.95. The summed E-state index contributed by atoms with van der Waals surface area (Å²) in [6.45, 7) is 6.11. The summed E-state index contributed by atoms with van der Waals surface area (Å²) in [7, 11) is 2.00. The Balaban J connectivity index is 1.47. The third kappa shape index (κ3) is 3.16. The Morgan fingerprint density at radius 2 is 2.04 bits per heavy atom. The van der Waals surface area contributed by atoms with Gasteiger partial charge in [-0.1, -0.05) is 43.8 Å². The number of furan rings is 1. The van der Waals surface area contributed by atoms with Crippen LogP contribution in [0, 0.1) is 6.92 Å². The maximum Gasteiger partial charge on any atom is 0.277 e. The molecule has 4 rings (SSSR count). The van der Waals surface area contributed by atoms with Crippen LogP contribution in [0.5, 0.6) is 0 Å². The van der Waals surface area contributed by atoms with Crippen LogP contribution in [0.25, 0.3) is 11.5 Å². The van der Waals surface area contributed by atoms with Gasteiger partial charge in [0.2, 0.25) is 0 Å². The van der Waals surface area contributed by atoms with Crippen LogP contribution in [0.2, 0.25) is 0 Å². The zero-order chi connectivity index (χ0) is 19.9. The van der Waals surface area contributed by atoms with Gasteiger partial charge in [0, 0.05) is 29.9 Å². The number of likely N-dealkylation sites (N-methyl/N-ethyl adjacent to an activating group) is 1. The summed E-state index contributed by atoms with van der Waals surface area (Å²) in [4.78, 5) is 14.7. The summed E-state index contributed by atoms with van der Waals surface area (Å²) in [6.07, 6.45) is 3.31. The Morgan fingerprint density at radius 3 is 2.75 bits per heavy atom. The average molecular weight is 395 g/mol. The molecule has 2 aromatic heterocycles. The standard InChI is InChI=1S/C21H21N3O3S/c1-13-15(9-10-26-13)19-22-23-20(27-19)28-12-14(25)11-18-21(2,3)16-7-5-6-8-17(16)24(18)4/h5-11H,12H2,1-4H3/b18-11+. The van der Waals surface area contributed by atoms with E-state index in [4.69, 9.17) is 8.83 Å². The first-order chi connectivity index (χ1) is 13.4. The van der Waals surface area contributed by atoms with E-state index in [9.17, 15) is 4.79 Å². The first kappa shape index (κ1) is 18.6. The number of nitrogens with zero attached hydrogens (tertiary/aromatic N) is 3. The van der Waals surface area contributed by atoms with Crippen molar-refractivity contribution in [2.75, 3.05) is 17.7 Å². The van der Waals surface area contributed by atoms with E-state index in [1.54, 1.807) is 18.4 Å². The number of aromatic nitrogens is 2. The number of benzene rings is 1. The molecule has 0 fully saturated rings. The van der Waals surface area contributed by atoms with Crippen molar-refractivity contribution in [3.63, 3.8) is 0 Å². The van der Waals surface area contributed by atoms with E-state index < -0.39 is 0 Å². The van der Waals surface area contributed by atoms with Crippen molar-refractivity contribution in [2.45, 2.75) is 31.4 Å². The molecule has 3 aromatic rings. The zero-order valence-electron chi connectivity index (χ0n) is 16.2. The molecule has 1 aliphatic rings. The van der Waals surface area contributed by atoms with Gasteiger partial charge >= 0.3 is 0 Å². The number of thioether (sulfide) groups is 1. The van der Waals surface area contributed by atoms with E-state index >= 15 is 0 Å². The highest BCUT2D eigenvalue weighted by Gasteiger charge is 2.38. The molecule has 0 saturated heterocycles. The maximum atomic E-state index is 12.6. The Morgan fingerprint density at radius 1 is 1.25 bits per heavy atom. The van der Waals surface area contributed by atoms with Gasteiger partial charge in [-0.05, 0) is 24.6 Å². The molecule has 0 saturated carbocycles. The summed E-state index contributed by atoms with van der Waals surface area (Å²) in [5.74, 6) is 1.35. The average Bonchev–Trinajstić information content (AvgIpc) is 3.35. The molecule has 0 spiro atoms. The minimum absolute atomic E-state index is 0.00646. The summed E-state index contributed by atoms with van der Waals surface area (Å²) in [5.41, 5.74) is 3.89. The molecular weight excluding hydrogens is 374 g/mol. The largest absolute Gasteiger partial charge is 0.469 e. The lowest BCUT2D eigenvalue weighted by atomic mass is 9.83. The van der Waals surface area contributed by atoms with Gasteiger partial charge in [0.25, 0.3) is 11.1 Å². The number of hydrogen-bond acceptors (Lipinski definition) is 7. The second-order valence-electron chi connectivity index (χ2n) is 7.25. The lowest BCUT2D eigenvalue weighted by molar-refractivity contribution is -0.112. The molecule has 1 aliphatic heterocycles. The third-order valence-corrected chi connectivity index (χ3v) is 5.91. The highest BCUT2D eigenvalue weighted by molar-refractivity contribution is 7.99. The van der Waals surface area contributed by atoms with Gasteiger partial charge in [-0.2, -0.15) is 0 Å². The second kappa shape index (κ2) is 6.98. The molecule has 0 unspecified atom stereocenters. The van der Waals surface area contributed by atoms with E-state index in [2.05, 4.69) is 41.1 Å². The van der Waals surface area contributed by atoms with E-state index in [0.717, 1.165) is 16.9 Å². The minimum Gasteiger partial charge on any atom is -0.469 e. The molecule has 7 heteroatoms. The van der Waals surface area contributed by atoms with Gasteiger partial charge in [-0.3, -0.25) is 4.79 Å². The molecule has 1 aromatic carbocycles. The quantitative estimate of drug-likeness (QED) is 0.461. The molecule has 3 heterocycles. The smallest absolute Gasteiger partial charge is 0.277 e. The number of aryl methyl sites for hydroxylation is 1. The fraction of sp³-hybridized carbons (Fsp3) is 0.286. The highest BCUT2D eigenvalue weighted by Crippen LogP contribution is 2.46. The van der Waals surface area contributed by atoms with Crippen LogP contribution in [0.4, 0.5) is 5.69 Å². The lowest BCUT2D eigenvalue weighted by Crippen LogP contribution is -2.24. The van der Waals surface area contributed by atoms with Crippen molar-refractivity contribution in [2.24, 2.45) is 0 Å². The van der Waals surface area contributed by atoms with Crippen LogP contribution in [0.3, 0.4) is 0 Å². The Bertz CT molecular complexity index is 1060. The summed E-state index contributed by atoms with van der Waals surface area (Å²) in [5, 5.41) is 8.41. The Labute approximate surface area is 167 Å². The summed E-state index contributed by atoms with van der Waals surface area (Å²) >= 11 is 1.24. The summed E-state index contributed by atoms with van der Waals surface area (Å²) in [6, 6.07) is 10.0. The van der Waals surface area contributed by atoms with Crippen molar-refractivity contribution in [1.82, 2.24) is 10.2 Å². The van der Waals surface area contributed by atoms with E-state index in [-0.39, 0.29) is 17.0 Å². The molecule has 0 radical (unpaired) electrons. The fourth-order valence-electron chi connectivity index (χ4n) is 3.57. The van der Waals surface area contributed by atoms with Crippen LogP contribution in [0.15, 0.2) is 62.4 Å². The maximum absolute atomic E-state index is 12.6. The number of hydrogen-bond donors (Lipinski definition) is 0. The van der Waals surface area contributed by atoms with Gasteiger partial charge < -0.3 is 13.7 Å². The summed E-state index contributed by atoms with van der Waals surface area (Å²) < 4.78 is 10.9. The first-order valence-electron chi connectivity index (χ1n) is 8.97. The lowest BCUT2D eigenvalue weighted by Gasteiger charge is -2.23. The van der Waals surface area contributed by atoms with Crippen LogP contribution in [0.1, 0.15) is 25.2 Å².